The Hall–Kier alpha value is -3.60. The molecular weight excluding hydrogens is 509 g/mol. The normalized spacial score (nSPS) is 12.2. The van der Waals surface area contributed by atoms with E-state index >= 15 is 0 Å². The van der Waals surface area contributed by atoms with Crippen molar-refractivity contribution >= 4 is 21.8 Å². The van der Waals surface area contributed by atoms with Gasteiger partial charge in [0.15, 0.2) is 0 Å². The number of rotatable bonds is 13. The largest absolute Gasteiger partial charge is 0.396 e. The topological polar surface area (TPSA) is 107 Å². The second-order valence-corrected chi connectivity index (χ2v) is 10.8. The first-order chi connectivity index (χ1) is 18.2. The van der Waals surface area contributed by atoms with E-state index in [4.69, 9.17) is 5.11 Å². The van der Waals surface area contributed by atoms with E-state index in [1.54, 1.807) is 54.6 Å². The molecular formula is C28H32FN3O5S. The van der Waals surface area contributed by atoms with Crippen LogP contribution in [-0.2, 0) is 32.7 Å². The third kappa shape index (κ3) is 8.47. The lowest BCUT2D eigenvalue weighted by Crippen LogP contribution is -2.48. The first kappa shape index (κ1) is 29.0. The number of nitrogens with one attached hydrogen (secondary N) is 1. The Morgan fingerprint density at radius 3 is 2.05 bits per heavy atom. The highest BCUT2D eigenvalue weighted by atomic mass is 32.2. The highest BCUT2D eigenvalue weighted by molar-refractivity contribution is 7.88. The fourth-order valence-corrected chi connectivity index (χ4v) is 4.65. The minimum absolute atomic E-state index is 0.0193. The van der Waals surface area contributed by atoms with Crippen LogP contribution in [0.5, 0.6) is 0 Å². The van der Waals surface area contributed by atoms with Crippen LogP contribution in [0.1, 0.15) is 29.2 Å². The summed E-state index contributed by atoms with van der Waals surface area (Å²) < 4.78 is 39.9. The molecule has 3 aromatic carbocycles. The van der Waals surface area contributed by atoms with E-state index in [9.17, 15) is 22.4 Å². The first-order valence-corrected chi connectivity index (χ1v) is 14.0. The Morgan fingerprint density at radius 2 is 1.47 bits per heavy atom. The molecule has 0 radical (unpaired) electrons. The van der Waals surface area contributed by atoms with Crippen LogP contribution in [0.3, 0.4) is 0 Å². The van der Waals surface area contributed by atoms with Crippen molar-refractivity contribution in [1.29, 1.82) is 0 Å². The quantitative estimate of drug-likeness (QED) is 0.324. The second kappa shape index (κ2) is 13.8. The van der Waals surface area contributed by atoms with Gasteiger partial charge in [-0.1, -0.05) is 72.8 Å². The van der Waals surface area contributed by atoms with Crippen molar-refractivity contribution in [3.8, 4) is 0 Å². The molecule has 0 aromatic heterocycles. The van der Waals surface area contributed by atoms with Crippen molar-refractivity contribution in [2.24, 2.45) is 0 Å². The van der Waals surface area contributed by atoms with Gasteiger partial charge in [0.05, 0.1) is 12.8 Å². The van der Waals surface area contributed by atoms with E-state index in [-0.39, 0.29) is 26.2 Å². The molecule has 3 aromatic rings. The van der Waals surface area contributed by atoms with Crippen LogP contribution < -0.4 is 5.32 Å². The number of aliphatic hydroxyl groups is 1. The van der Waals surface area contributed by atoms with E-state index in [0.29, 0.717) is 23.1 Å². The molecule has 8 nitrogen and oxygen atoms in total. The second-order valence-electron chi connectivity index (χ2n) is 8.85. The van der Waals surface area contributed by atoms with Crippen molar-refractivity contribution in [2.75, 3.05) is 26.0 Å². The van der Waals surface area contributed by atoms with Gasteiger partial charge in [0.25, 0.3) is 0 Å². The number of aliphatic hydroxyl groups excluding tert-OH is 1. The van der Waals surface area contributed by atoms with E-state index in [0.717, 1.165) is 10.6 Å². The monoisotopic (exact) mass is 541 g/mol. The molecule has 38 heavy (non-hydrogen) atoms. The minimum Gasteiger partial charge on any atom is -0.396 e. The Morgan fingerprint density at radius 1 is 0.895 bits per heavy atom. The Labute approximate surface area is 222 Å². The van der Waals surface area contributed by atoms with Gasteiger partial charge in [-0.2, -0.15) is 4.31 Å². The molecule has 1 atom stereocenters. The molecule has 0 saturated carbocycles. The molecule has 0 aliphatic rings. The van der Waals surface area contributed by atoms with Crippen molar-refractivity contribution in [3.63, 3.8) is 0 Å². The number of nitrogens with zero attached hydrogens (tertiary/aromatic N) is 2. The Bertz CT molecular complexity index is 1290. The summed E-state index contributed by atoms with van der Waals surface area (Å²) >= 11 is 0. The smallest absolute Gasteiger partial charge is 0.247 e. The molecule has 0 unspecified atom stereocenters. The van der Waals surface area contributed by atoms with Crippen LogP contribution in [0.25, 0.3) is 0 Å². The van der Waals surface area contributed by atoms with Crippen molar-refractivity contribution in [3.05, 3.63) is 107 Å². The summed E-state index contributed by atoms with van der Waals surface area (Å²) in [7, 11) is -3.79. The molecule has 202 valence electrons. The van der Waals surface area contributed by atoms with Gasteiger partial charge >= 0.3 is 0 Å². The number of hydrogen-bond donors (Lipinski definition) is 2. The minimum atomic E-state index is -3.79. The molecule has 0 aliphatic carbocycles. The SMILES string of the molecule is CS(=O)(=O)N(CC(=O)N(Cc1ccc(F)cc1)[C@@H](C(=O)NCCCO)c1ccccc1)Cc1ccccc1. The molecule has 10 heteroatoms. The predicted octanol–water partition coefficient (Wildman–Crippen LogP) is 2.86. The predicted molar refractivity (Wildman–Crippen MR) is 143 cm³/mol. The average Bonchev–Trinajstić information content (AvgIpc) is 2.90. The highest BCUT2D eigenvalue weighted by Crippen LogP contribution is 2.25. The summed E-state index contributed by atoms with van der Waals surface area (Å²) in [6, 6.07) is 22.0. The number of carbonyl (C=O) groups excluding carboxylic acids is 2. The van der Waals surface area contributed by atoms with E-state index in [1.807, 2.05) is 6.07 Å². The molecule has 0 fully saturated rings. The highest BCUT2D eigenvalue weighted by Gasteiger charge is 2.33. The van der Waals surface area contributed by atoms with Gasteiger partial charge in [-0.05, 0) is 35.2 Å². The van der Waals surface area contributed by atoms with E-state index < -0.39 is 40.2 Å². The molecule has 2 amide bonds. The lowest BCUT2D eigenvalue weighted by molar-refractivity contribution is -0.141. The van der Waals surface area contributed by atoms with Gasteiger partial charge in [0, 0.05) is 26.2 Å². The summed E-state index contributed by atoms with van der Waals surface area (Å²) in [5.41, 5.74) is 1.80. The zero-order chi connectivity index (χ0) is 27.5. The average molecular weight is 542 g/mol. The van der Waals surface area contributed by atoms with Crippen LogP contribution >= 0.6 is 0 Å². The maximum Gasteiger partial charge on any atom is 0.247 e. The lowest BCUT2D eigenvalue weighted by Gasteiger charge is -2.33. The summed E-state index contributed by atoms with van der Waals surface area (Å²) in [6.45, 7) is -0.496. The number of sulfonamides is 1. The number of amides is 2. The van der Waals surface area contributed by atoms with Crippen LogP contribution in [0.4, 0.5) is 4.39 Å². The van der Waals surface area contributed by atoms with Crippen LogP contribution in [0, 0.1) is 5.82 Å². The molecule has 0 spiro atoms. The van der Waals surface area contributed by atoms with Crippen molar-refractivity contribution in [1.82, 2.24) is 14.5 Å². The third-order valence-electron chi connectivity index (χ3n) is 5.88. The Balaban J connectivity index is 1.99. The van der Waals surface area contributed by atoms with Gasteiger partial charge in [-0.3, -0.25) is 9.59 Å². The fourth-order valence-electron chi connectivity index (χ4n) is 3.92. The number of halogens is 1. The maximum absolute atomic E-state index is 13.8. The van der Waals surface area contributed by atoms with Gasteiger partial charge in [-0.15, -0.1) is 0 Å². The first-order valence-electron chi connectivity index (χ1n) is 12.2. The maximum atomic E-state index is 13.8. The molecule has 0 bridgehead atoms. The molecule has 0 aliphatic heterocycles. The summed E-state index contributed by atoms with van der Waals surface area (Å²) in [6.07, 6.45) is 1.36. The van der Waals surface area contributed by atoms with Crippen molar-refractivity contribution < 1.29 is 27.5 Å². The van der Waals surface area contributed by atoms with Crippen LogP contribution in [0.2, 0.25) is 0 Å². The molecule has 3 rings (SSSR count). The fraction of sp³-hybridized carbons (Fsp3) is 0.286. The van der Waals surface area contributed by atoms with Crippen molar-refractivity contribution in [2.45, 2.75) is 25.6 Å². The summed E-state index contributed by atoms with van der Waals surface area (Å²) in [4.78, 5) is 28.5. The van der Waals surface area contributed by atoms with Gasteiger partial charge in [-0.25, -0.2) is 12.8 Å². The standard InChI is InChI=1S/C28H32FN3O5S/c1-38(36,37)31(19-22-9-4-2-5-10-22)21-26(34)32(20-23-13-15-25(29)16-14-23)27(24-11-6-3-7-12-24)28(35)30-17-8-18-33/h2-7,9-16,27,33H,8,17-21H2,1H3,(H,30,35)/t27-/m1/s1. The third-order valence-corrected chi connectivity index (χ3v) is 7.07. The molecule has 0 saturated heterocycles. The van der Waals surface area contributed by atoms with E-state index in [2.05, 4.69) is 5.32 Å². The van der Waals surface area contributed by atoms with Gasteiger partial charge in [0.2, 0.25) is 21.8 Å². The number of benzene rings is 3. The zero-order valence-electron chi connectivity index (χ0n) is 21.2. The van der Waals surface area contributed by atoms with Gasteiger partial charge in [0.1, 0.15) is 11.9 Å². The summed E-state index contributed by atoms with van der Waals surface area (Å²) in [5.74, 6) is -1.52. The van der Waals surface area contributed by atoms with E-state index in [1.165, 1.54) is 29.2 Å². The lowest BCUT2D eigenvalue weighted by atomic mass is 10.0. The number of carbonyl (C=O) groups is 2. The van der Waals surface area contributed by atoms with Gasteiger partial charge < -0.3 is 15.3 Å². The zero-order valence-corrected chi connectivity index (χ0v) is 22.0. The number of hydrogen-bond acceptors (Lipinski definition) is 5. The van der Waals surface area contributed by atoms with Crippen LogP contribution in [0.15, 0.2) is 84.9 Å². The summed E-state index contributed by atoms with van der Waals surface area (Å²) in [5, 5.41) is 11.9. The molecule has 0 heterocycles. The molecule has 2 N–H and O–H groups in total. The Kier molecular flexibility index (Phi) is 10.5. The van der Waals surface area contributed by atoms with Crippen LogP contribution in [-0.4, -0.2) is 60.5 Å².